The van der Waals surface area contributed by atoms with Gasteiger partial charge in [0.05, 0.1) is 0 Å². The van der Waals surface area contributed by atoms with Gasteiger partial charge in [0, 0.05) is 19.5 Å². The summed E-state index contributed by atoms with van der Waals surface area (Å²) in [5, 5.41) is 0. The molecular formula is H7KLiNaSeSrZn. The van der Waals surface area contributed by atoms with Crippen molar-refractivity contribution in [3.63, 3.8) is 0 Å². The molecule has 0 aliphatic rings. The van der Waals surface area contributed by atoms with Crippen LogP contribution < -0.4 is 0 Å². The van der Waals surface area contributed by atoms with Gasteiger partial charge in [0.2, 0.25) is 0 Å². The number of rotatable bonds is 0. The van der Waals surface area contributed by atoms with Gasteiger partial charge in [0.1, 0.15) is 0 Å². The van der Waals surface area contributed by atoms with Crippen molar-refractivity contribution in [2.24, 2.45) is 0 Å². The Balaban J connectivity index is 0. The van der Waals surface area contributed by atoms with E-state index >= 15 is 0 Å². The summed E-state index contributed by atoms with van der Waals surface area (Å²) in [5.41, 5.74) is 0. The molecule has 0 radical (unpaired) electrons. The minimum atomic E-state index is 0. The Hall–Kier alpha value is 5.86. The molecule has 0 unspecified atom stereocenters. The Morgan fingerprint density at radius 3 is 1.00 bits per heavy atom. The van der Waals surface area contributed by atoms with E-state index in [1.807, 2.05) is 0 Å². The maximum absolute atomic E-state index is 0. The van der Waals surface area contributed by atoms with Gasteiger partial charge in [0.15, 0.2) is 0 Å². The zero-order valence-corrected chi connectivity index (χ0v) is 6.27. The predicted octanol–water partition coefficient (Wildman–Crippen LogP) is -3.78. The molecule has 0 spiro atoms. The quantitative estimate of drug-likeness (QED) is 0.403. The Labute approximate surface area is 176 Å². The minimum Gasteiger partial charge on any atom is 0 e. The van der Waals surface area contributed by atoms with E-state index in [0.717, 1.165) is 0 Å². The molecule has 6 heavy (non-hydrogen) atoms. The van der Waals surface area contributed by atoms with E-state index in [4.69, 9.17) is 0 Å². The molecule has 0 saturated heterocycles. The molecule has 6 heteroatoms. The van der Waals surface area contributed by atoms with Crippen molar-refractivity contribution in [2.75, 3.05) is 0 Å². The van der Waals surface area contributed by atoms with Gasteiger partial charge < -0.3 is 0 Å². The van der Waals surface area contributed by atoms with E-state index in [1.165, 1.54) is 0 Å². The standard InChI is InChI=1S/K.Li.Na.H2Se.Sr.Zn.5H/h;;;1H2;;;;;;;. The monoisotopic (exact) mass is 308 g/mol. The Kier molecular flexibility index (Phi) is 209. The van der Waals surface area contributed by atoms with Crippen molar-refractivity contribution in [3.05, 3.63) is 0 Å². The topological polar surface area (TPSA) is 0 Å². The van der Waals surface area contributed by atoms with Gasteiger partial charge in [-0.05, 0) is 0 Å². The van der Waals surface area contributed by atoms with Gasteiger partial charge in [0.25, 0.3) is 0 Å². The first kappa shape index (κ1) is 40.7. The van der Waals surface area contributed by atoms with Crippen molar-refractivity contribution >= 4 is 162 Å². The molecule has 0 heterocycles. The van der Waals surface area contributed by atoms with Crippen LogP contribution in [0.15, 0.2) is 0 Å². The van der Waals surface area contributed by atoms with E-state index in [2.05, 4.69) is 0 Å². The van der Waals surface area contributed by atoms with E-state index in [9.17, 15) is 0 Å². The second-order valence-electron chi connectivity index (χ2n) is 0. The first-order chi connectivity index (χ1) is 0. The molecule has 0 nitrogen and oxygen atoms in total. The second-order valence-corrected chi connectivity index (χ2v) is 0. The van der Waals surface area contributed by atoms with Gasteiger partial charge >= 0.3 is 162 Å². The van der Waals surface area contributed by atoms with Crippen molar-refractivity contribution in [1.29, 1.82) is 0 Å². The summed E-state index contributed by atoms with van der Waals surface area (Å²) in [6.45, 7) is 0. The first-order valence-electron chi connectivity index (χ1n) is 0. The van der Waals surface area contributed by atoms with Crippen LogP contribution in [0.4, 0.5) is 0 Å². The molecule has 0 fully saturated rings. The van der Waals surface area contributed by atoms with Crippen LogP contribution >= 0.6 is 0 Å². The summed E-state index contributed by atoms with van der Waals surface area (Å²) in [5.74, 6) is 0. The second kappa shape index (κ2) is 30.8. The molecule has 0 atom stereocenters. The Bertz CT molecular complexity index is 15.5. The van der Waals surface area contributed by atoms with Crippen LogP contribution in [0.2, 0.25) is 0 Å². The molecule has 0 amide bonds. The number of hydrogen-bond donors (Lipinski definition) is 0. The molecule has 0 aromatic carbocycles. The van der Waals surface area contributed by atoms with Crippen molar-refractivity contribution in [3.8, 4) is 0 Å². The third-order valence-electron chi connectivity index (χ3n) is 0. The van der Waals surface area contributed by atoms with Gasteiger partial charge in [-0.3, -0.25) is 0 Å². The van der Waals surface area contributed by atoms with Crippen LogP contribution in [-0.4, -0.2) is 162 Å². The van der Waals surface area contributed by atoms with Crippen LogP contribution in [0.5, 0.6) is 0 Å². The van der Waals surface area contributed by atoms with E-state index in [-0.39, 0.29) is 182 Å². The fraction of sp³-hybridized carbons (Fsp3) is 0. The summed E-state index contributed by atoms with van der Waals surface area (Å²) in [4.78, 5) is 0. The van der Waals surface area contributed by atoms with E-state index in [1.54, 1.807) is 0 Å². The number of hydrogen-bond acceptors (Lipinski definition) is 0. The normalized spacial score (nSPS) is 0. The van der Waals surface area contributed by atoms with Gasteiger partial charge in [-0.2, -0.15) is 0 Å². The molecule has 20 valence electrons. The third kappa shape index (κ3) is 22.5. The fourth-order valence-corrected chi connectivity index (χ4v) is 0. The molecule has 0 aliphatic heterocycles. The molecular weight excluding hydrogens is 301 g/mol. The zero-order valence-electron chi connectivity index (χ0n) is 1.21. The summed E-state index contributed by atoms with van der Waals surface area (Å²) >= 11 is 0. The van der Waals surface area contributed by atoms with Crippen molar-refractivity contribution in [2.45, 2.75) is 0 Å². The van der Waals surface area contributed by atoms with E-state index in [0.29, 0.717) is 0 Å². The summed E-state index contributed by atoms with van der Waals surface area (Å²) in [6.07, 6.45) is 0. The largest absolute Gasteiger partial charge is 0 e. The van der Waals surface area contributed by atoms with Crippen LogP contribution in [0, 0.1) is 0 Å². The summed E-state index contributed by atoms with van der Waals surface area (Å²) in [7, 11) is 0. The minimum absolute atomic E-state index is 0. The van der Waals surface area contributed by atoms with E-state index < -0.39 is 0 Å². The Morgan fingerprint density at radius 1 is 1.00 bits per heavy atom. The molecule has 0 N–H and O–H groups in total. The molecule has 0 rings (SSSR count). The average molecular weight is 308 g/mol. The maximum Gasteiger partial charge on any atom is 0 e. The molecule has 0 saturated carbocycles. The SMILES string of the molecule is [KH].[LiH].[NaH].[SeH2].[SrH2].[Zn]. The van der Waals surface area contributed by atoms with Gasteiger partial charge in [-0.15, -0.1) is 0 Å². The molecule has 0 aromatic heterocycles. The first-order valence-corrected chi connectivity index (χ1v) is 0. The maximum atomic E-state index is 0. The molecule has 0 aromatic rings. The van der Waals surface area contributed by atoms with Gasteiger partial charge in [-0.1, -0.05) is 0 Å². The fourth-order valence-electron chi connectivity index (χ4n) is 0. The van der Waals surface area contributed by atoms with Crippen molar-refractivity contribution in [1.82, 2.24) is 0 Å². The Morgan fingerprint density at radius 2 is 1.00 bits per heavy atom. The predicted molar refractivity (Wildman–Crippen MR) is 38.5 cm³/mol. The average Bonchev–Trinajstić information content (AvgIpc) is 0. The van der Waals surface area contributed by atoms with Crippen LogP contribution in [0.3, 0.4) is 0 Å². The van der Waals surface area contributed by atoms with Crippen LogP contribution in [-0.2, 0) is 19.5 Å². The molecule has 0 bridgehead atoms. The van der Waals surface area contributed by atoms with Crippen molar-refractivity contribution < 1.29 is 19.5 Å². The van der Waals surface area contributed by atoms with Crippen LogP contribution in [0.1, 0.15) is 0 Å². The zero-order chi connectivity index (χ0) is 0. The third-order valence-corrected chi connectivity index (χ3v) is 0. The summed E-state index contributed by atoms with van der Waals surface area (Å²) in [6, 6.07) is 0. The molecule has 0 aliphatic carbocycles. The smallest absolute Gasteiger partial charge is 0 e. The van der Waals surface area contributed by atoms with Gasteiger partial charge in [-0.25, -0.2) is 0 Å². The van der Waals surface area contributed by atoms with Crippen LogP contribution in [0.25, 0.3) is 0 Å². The summed E-state index contributed by atoms with van der Waals surface area (Å²) < 4.78 is 0.